The number of anilines is 2. The van der Waals surface area contributed by atoms with Gasteiger partial charge in [-0.1, -0.05) is 18.6 Å². The maximum absolute atomic E-state index is 13.1. The van der Waals surface area contributed by atoms with E-state index in [1.807, 2.05) is 6.07 Å². The number of likely N-dealkylation sites (N-methyl/N-ethyl adjacent to an activating group) is 1. The molecule has 0 amide bonds. The number of aliphatic hydroxyl groups is 1. The molecular formula is C26H34N6O2. The molecule has 2 N–H and O–H groups in total. The van der Waals surface area contributed by atoms with Crippen molar-refractivity contribution < 1.29 is 5.11 Å². The highest BCUT2D eigenvalue weighted by Gasteiger charge is 2.39. The summed E-state index contributed by atoms with van der Waals surface area (Å²) >= 11 is 0. The summed E-state index contributed by atoms with van der Waals surface area (Å²) in [6.45, 7) is 6.41. The molecule has 8 nitrogen and oxygen atoms in total. The molecule has 0 radical (unpaired) electrons. The van der Waals surface area contributed by atoms with E-state index in [2.05, 4.69) is 58.3 Å². The maximum Gasteiger partial charge on any atom is 0.264 e. The summed E-state index contributed by atoms with van der Waals surface area (Å²) in [4.78, 5) is 27.3. The van der Waals surface area contributed by atoms with E-state index in [9.17, 15) is 9.90 Å². The number of aliphatic hydroxyl groups excluding tert-OH is 1. The van der Waals surface area contributed by atoms with Gasteiger partial charge in [0.15, 0.2) is 0 Å². The van der Waals surface area contributed by atoms with Crippen molar-refractivity contribution in [1.82, 2.24) is 19.4 Å². The van der Waals surface area contributed by atoms with E-state index in [1.54, 1.807) is 13.4 Å². The van der Waals surface area contributed by atoms with Gasteiger partial charge in [-0.3, -0.25) is 4.79 Å². The SMILES string of the molecule is CN1CCN(c2ccc(-c3cc4ncn(C)c(=O)c4c(N[C@]4(C)CCCC4CO)n3)cc2)CC1. The predicted molar refractivity (Wildman–Crippen MR) is 136 cm³/mol. The highest BCUT2D eigenvalue weighted by Crippen LogP contribution is 2.39. The zero-order chi connectivity index (χ0) is 23.9. The Kier molecular flexibility index (Phi) is 6.04. The van der Waals surface area contributed by atoms with Gasteiger partial charge in [-0.2, -0.15) is 0 Å². The lowest BCUT2D eigenvalue weighted by Crippen LogP contribution is -2.44. The van der Waals surface area contributed by atoms with E-state index in [1.165, 1.54) is 10.3 Å². The number of nitrogens with zero attached hydrogens (tertiary/aromatic N) is 5. The van der Waals surface area contributed by atoms with Crippen molar-refractivity contribution in [3.63, 3.8) is 0 Å². The molecule has 34 heavy (non-hydrogen) atoms. The van der Waals surface area contributed by atoms with Crippen molar-refractivity contribution in [3.05, 3.63) is 47.0 Å². The Hall–Kier alpha value is -2.97. The van der Waals surface area contributed by atoms with Crippen LogP contribution in [0.25, 0.3) is 22.2 Å². The zero-order valence-corrected chi connectivity index (χ0v) is 20.3. The first-order valence-electron chi connectivity index (χ1n) is 12.2. The Labute approximate surface area is 200 Å². The zero-order valence-electron chi connectivity index (χ0n) is 20.3. The van der Waals surface area contributed by atoms with Crippen molar-refractivity contribution in [2.75, 3.05) is 50.1 Å². The van der Waals surface area contributed by atoms with Crippen molar-refractivity contribution in [3.8, 4) is 11.3 Å². The van der Waals surface area contributed by atoms with E-state index in [4.69, 9.17) is 4.98 Å². The first-order chi connectivity index (χ1) is 16.4. The van der Waals surface area contributed by atoms with E-state index in [-0.39, 0.29) is 23.6 Å². The van der Waals surface area contributed by atoms with Crippen LogP contribution in [0.5, 0.6) is 0 Å². The van der Waals surface area contributed by atoms with E-state index in [0.29, 0.717) is 16.7 Å². The molecule has 180 valence electrons. The number of pyridine rings is 1. The molecule has 2 aromatic heterocycles. The third-order valence-electron chi connectivity index (χ3n) is 7.71. The summed E-state index contributed by atoms with van der Waals surface area (Å²) in [5, 5.41) is 14.0. The topological polar surface area (TPSA) is 86.5 Å². The third kappa shape index (κ3) is 4.16. The van der Waals surface area contributed by atoms with Gasteiger partial charge in [0.05, 0.1) is 17.5 Å². The molecule has 5 rings (SSSR count). The van der Waals surface area contributed by atoms with Crippen LogP contribution in [0.1, 0.15) is 26.2 Å². The molecule has 8 heteroatoms. The Bertz CT molecular complexity index is 1230. The lowest BCUT2D eigenvalue weighted by atomic mass is 9.89. The Morgan fingerprint density at radius 3 is 2.59 bits per heavy atom. The summed E-state index contributed by atoms with van der Waals surface area (Å²) in [5.41, 5.74) is 3.16. The molecule has 0 bridgehead atoms. The number of nitrogens with one attached hydrogen (secondary N) is 1. The molecule has 1 saturated carbocycles. The van der Waals surface area contributed by atoms with Gasteiger partial charge in [-0.15, -0.1) is 0 Å². The van der Waals surface area contributed by atoms with Gasteiger partial charge in [0.2, 0.25) is 0 Å². The van der Waals surface area contributed by atoms with Crippen LogP contribution in [-0.2, 0) is 7.05 Å². The van der Waals surface area contributed by atoms with E-state index >= 15 is 0 Å². The molecule has 2 fully saturated rings. The van der Waals surface area contributed by atoms with Gasteiger partial charge >= 0.3 is 0 Å². The number of fused-ring (bicyclic) bond motifs is 1. The molecule has 3 aromatic rings. The number of aryl methyl sites for hydroxylation is 1. The van der Waals surface area contributed by atoms with Gasteiger partial charge in [0.1, 0.15) is 11.2 Å². The van der Waals surface area contributed by atoms with Crippen molar-refractivity contribution >= 4 is 22.4 Å². The number of piperazine rings is 1. The Morgan fingerprint density at radius 1 is 1.15 bits per heavy atom. The van der Waals surface area contributed by atoms with E-state index < -0.39 is 0 Å². The molecule has 1 unspecified atom stereocenters. The van der Waals surface area contributed by atoms with Crippen LogP contribution in [0.15, 0.2) is 41.5 Å². The fraction of sp³-hybridized carbons (Fsp3) is 0.500. The second kappa shape index (κ2) is 9.00. The molecule has 1 aliphatic heterocycles. The number of aromatic nitrogens is 3. The maximum atomic E-state index is 13.1. The Balaban J connectivity index is 1.53. The monoisotopic (exact) mass is 462 g/mol. The second-order valence-electron chi connectivity index (χ2n) is 10.1. The Morgan fingerprint density at radius 2 is 1.88 bits per heavy atom. The summed E-state index contributed by atoms with van der Waals surface area (Å²) in [6, 6.07) is 10.4. The smallest absolute Gasteiger partial charge is 0.264 e. The molecule has 3 heterocycles. The molecule has 2 atom stereocenters. The minimum absolute atomic E-state index is 0.116. The first kappa shape index (κ1) is 22.8. The van der Waals surface area contributed by atoms with Gasteiger partial charge < -0.3 is 24.8 Å². The number of rotatable bonds is 5. The minimum atomic E-state index is -0.320. The highest BCUT2D eigenvalue weighted by atomic mass is 16.3. The standard InChI is InChI=1S/C26H34N6O2/c1-26(10-4-5-19(26)16-33)29-24-23-22(27-17-31(3)25(23)34)15-21(28-24)18-6-8-20(9-7-18)32-13-11-30(2)12-14-32/h6-9,15,17,19,33H,4-5,10-14,16H2,1-3H3,(H,28,29)/t19?,26-/m1/s1. The average Bonchev–Trinajstić information content (AvgIpc) is 3.21. The van der Waals surface area contributed by atoms with Crippen LogP contribution < -0.4 is 15.8 Å². The minimum Gasteiger partial charge on any atom is -0.396 e. The van der Waals surface area contributed by atoms with Crippen LogP contribution in [0.2, 0.25) is 0 Å². The quantitative estimate of drug-likeness (QED) is 0.603. The predicted octanol–water partition coefficient (Wildman–Crippen LogP) is 2.71. The van der Waals surface area contributed by atoms with Gasteiger partial charge in [0.25, 0.3) is 5.56 Å². The third-order valence-corrected chi connectivity index (χ3v) is 7.71. The van der Waals surface area contributed by atoms with Crippen molar-refractivity contribution in [2.45, 2.75) is 31.7 Å². The number of benzene rings is 1. The summed E-state index contributed by atoms with van der Waals surface area (Å²) < 4.78 is 1.49. The molecule has 1 aromatic carbocycles. The first-order valence-corrected chi connectivity index (χ1v) is 12.2. The molecular weight excluding hydrogens is 428 g/mol. The van der Waals surface area contributed by atoms with Gasteiger partial charge in [-0.25, -0.2) is 9.97 Å². The molecule has 1 saturated heterocycles. The molecule has 0 spiro atoms. The van der Waals surface area contributed by atoms with Gasteiger partial charge in [0, 0.05) is 62.5 Å². The van der Waals surface area contributed by atoms with Crippen molar-refractivity contribution in [2.24, 2.45) is 13.0 Å². The summed E-state index contributed by atoms with van der Waals surface area (Å²) in [6.07, 6.45) is 4.48. The second-order valence-corrected chi connectivity index (χ2v) is 10.1. The van der Waals surface area contributed by atoms with Crippen LogP contribution in [-0.4, -0.2) is 69.9 Å². The molecule has 2 aliphatic rings. The van der Waals surface area contributed by atoms with Crippen LogP contribution in [0, 0.1) is 5.92 Å². The highest BCUT2D eigenvalue weighted by molar-refractivity contribution is 5.91. The normalized spacial score (nSPS) is 23.5. The fourth-order valence-electron chi connectivity index (χ4n) is 5.33. The van der Waals surface area contributed by atoms with Gasteiger partial charge in [-0.05, 0) is 45.0 Å². The summed E-state index contributed by atoms with van der Waals surface area (Å²) in [5.74, 6) is 0.670. The van der Waals surface area contributed by atoms with Crippen LogP contribution in [0.3, 0.4) is 0 Å². The van der Waals surface area contributed by atoms with Crippen LogP contribution in [0.4, 0.5) is 11.5 Å². The number of hydrogen-bond donors (Lipinski definition) is 2. The summed E-state index contributed by atoms with van der Waals surface area (Å²) in [7, 11) is 3.87. The van der Waals surface area contributed by atoms with Crippen molar-refractivity contribution in [1.29, 1.82) is 0 Å². The largest absolute Gasteiger partial charge is 0.396 e. The van der Waals surface area contributed by atoms with Crippen LogP contribution >= 0.6 is 0 Å². The average molecular weight is 463 g/mol. The number of hydrogen-bond acceptors (Lipinski definition) is 7. The molecule has 1 aliphatic carbocycles. The fourth-order valence-corrected chi connectivity index (χ4v) is 5.33. The van der Waals surface area contributed by atoms with E-state index in [0.717, 1.165) is 56.7 Å². The lowest BCUT2D eigenvalue weighted by Gasteiger charge is -2.34. The lowest BCUT2D eigenvalue weighted by molar-refractivity contribution is 0.192.